The molecule has 1 fully saturated rings. The summed E-state index contributed by atoms with van der Waals surface area (Å²) in [5, 5.41) is 6.75. The Morgan fingerprint density at radius 3 is 3.00 bits per heavy atom. The minimum Gasteiger partial charge on any atom is -0.374 e. The van der Waals surface area contributed by atoms with Gasteiger partial charge in [-0.05, 0) is 32.5 Å². The Morgan fingerprint density at radius 2 is 2.19 bits per heavy atom. The lowest BCUT2D eigenvalue weighted by molar-refractivity contribution is -0.0161. The van der Waals surface area contributed by atoms with Gasteiger partial charge in [0, 0.05) is 39.8 Å². The summed E-state index contributed by atoms with van der Waals surface area (Å²) >= 11 is 0. The average Bonchev–Trinajstić information content (AvgIpc) is 2.96. The maximum absolute atomic E-state index is 5.77. The van der Waals surface area contributed by atoms with Crippen LogP contribution in [0.3, 0.4) is 0 Å². The minimum atomic E-state index is 0.215. The highest BCUT2D eigenvalue weighted by Crippen LogP contribution is 2.15. The summed E-state index contributed by atoms with van der Waals surface area (Å²) in [4.78, 5) is 11.2. The number of aromatic nitrogens is 2. The molecule has 3 rings (SSSR count). The first-order valence-electron chi connectivity index (χ1n) is 9.34. The number of para-hydroxylation sites is 2. The zero-order valence-electron chi connectivity index (χ0n) is 16.0. The van der Waals surface area contributed by atoms with Crippen LogP contribution in [0.1, 0.15) is 12.2 Å². The summed E-state index contributed by atoms with van der Waals surface area (Å²) in [6, 6.07) is 8.29. The third kappa shape index (κ3) is 4.74. The standard InChI is InChI=1S/C19H30N6O/c1-15-23-17-7-4-5-8-18(17)25(15)10-6-9-21-19(20-2)22-13-16-14-24(3)11-12-26-16/h4-5,7-8,16H,6,9-14H2,1-3H3,(H2,20,21,22). The van der Waals surface area contributed by atoms with Gasteiger partial charge in [0.25, 0.3) is 0 Å². The van der Waals surface area contributed by atoms with Crippen LogP contribution in [0.15, 0.2) is 29.3 Å². The second kappa shape index (κ2) is 9.00. The van der Waals surface area contributed by atoms with E-state index in [1.54, 1.807) is 7.05 Å². The number of aryl methyl sites for hydroxylation is 2. The number of ether oxygens (including phenoxy) is 1. The molecule has 1 aliphatic rings. The Kier molecular flexibility index (Phi) is 6.46. The van der Waals surface area contributed by atoms with Gasteiger partial charge in [0.15, 0.2) is 5.96 Å². The number of nitrogens with zero attached hydrogens (tertiary/aromatic N) is 4. The van der Waals surface area contributed by atoms with Crippen molar-refractivity contribution in [2.45, 2.75) is 26.0 Å². The number of likely N-dealkylation sites (N-methyl/N-ethyl adjacent to an activating group) is 1. The zero-order chi connectivity index (χ0) is 18.4. The molecule has 142 valence electrons. The number of fused-ring (bicyclic) bond motifs is 1. The number of morpholine rings is 1. The molecule has 0 spiro atoms. The number of hydrogen-bond acceptors (Lipinski definition) is 4. The second-order valence-electron chi connectivity index (χ2n) is 6.79. The first kappa shape index (κ1) is 18.7. The van der Waals surface area contributed by atoms with Crippen LogP contribution >= 0.6 is 0 Å². The molecule has 0 amide bonds. The van der Waals surface area contributed by atoms with E-state index in [1.807, 2.05) is 6.07 Å². The zero-order valence-corrected chi connectivity index (χ0v) is 16.0. The largest absolute Gasteiger partial charge is 0.374 e. The van der Waals surface area contributed by atoms with Crippen LogP contribution in [0, 0.1) is 6.92 Å². The third-order valence-electron chi connectivity index (χ3n) is 4.76. The molecule has 7 heteroatoms. The highest BCUT2D eigenvalue weighted by molar-refractivity contribution is 5.79. The summed E-state index contributed by atoms with van der Waals surface area (Å²) in [7, 11) is 3.93. The van der Waals surface area contributed by atoms with Crippen LogP contribution in [0.2, 0.25) is 0 Å². The SMILES string of the molecule is CN=C(NCCCn1c(C)nc2ccccc21)NCC1CN(C)CCO1. The summed E-state index contributed by atoms with van der Waals surface area (Å²) in [6.45, 7) is 7.39. The van der Waals surface area contributed by atoms with E-state index in [4.69, 9.17) is 4.74 Å². The van der Waals surface area contributed by atoms with E-state index in [0.29, 0.717) is 0 Å². The molecule has 2 N–H and O–H groups in total. The first-order chi connectivity index (χ1) is 12.7. The summed E-state index contributed by atoms with van der Waals surface area (Å²) < 4.78 is 8.05. The van der Waals surface area contributed by atoms with Gasteiger partial charge in [0.2, 0.25) is 0 Å². The van der Waals surface area contributed by atoms with Gasteiger partial charge in [-0.25, -0.2) is 4.98 Å². The molecule has 1 unspecified atom stereocenters. The molecular weight excluding hydrogens is 328 g/mol. The van der Waals surface area contributed by atoms with Crippen LogP contribution < -0.4 is 10.6 Å². The van der Waals surface area contributed by atoms with Crippen molar-refractivity contribution in [1.29, 1.82) is 0 Å². The van der Waals surface area contributed by atoms with Gasteiger partial charge in [0.05, 0.1) is 23.7 Å². The van der Waals surface area contributed by atoms with Crippen molar-refractivity contribution in [2.24, 2.45) is 4.99 Å². The van der Waals surface area contributed by atoms with Gasteiger partial charge in [-0.2, -0.15) is 0 Å². The molecule has 1 aromatic carbocycles. The fourth-order valence-electron chi connectivity index (χ4n) is 3.34. The molecule has 2 aromatic rings. The van der Waals surface area contributed by atoms with Crippen LogP contribution in [-0.2, 0) is 11.3 Å². The molecule has 0 bridgehead atoms. The Morgan fingerprint density at radius 1 is 1.35 bits per heavy atom. The number of imidazole rings is 1. The maximum atomic E-state index is 5.77. The van der Waals surface area contributed by atoms with E-state index in [2.05, 4.69) is 62.2 Å². The van der Waals surface area contributed by atoms with Crippen LogP contribution in [0.25, 0.3) is 11.0 Å². The smallest absolute Gasteiger partial charge is 0.191 e. The van der Waals surface area contributed by atoms with Crippen molar-refractivity contribution >= 4 is 17.0 Å². The predicted octanol–water partition coefficient (Wildman–Crippen LogP) is 1.23. The Hall–Kier alpha value is -2.12. The van der Waals surface area contributed by atoms with Gasteiger partial charge >= 0.3 is 0 Å². The number of benzene rings is 1. The lowest BCUT2D eigenvalue weighted by Crippen LogP contribution is -2.48. The Balaban J connectivity index is 1.42. The van der Waals surface area contributed by atoms with Crippen LogP contribution in [0.4, 0.5) is 0 Å². The van der Waals surface area contributed by atoms with Gasteiger partial charge in [-0.15, -0.1) is 0 Å². The van der Waals surface area contributed by atoms with Crippen molar-refractivity contribution in [1.82, 2.24) is 25.1 Å². The van der Waals surface area contributed by atoms with Crippen molar-refractivity contribution in [3.05, 3.63) is 30.1 Å². The molecule has 1 saturated heterocycles. The molecule has 1 aromatic heterocycles. The lowest BCUT2D eigenvalue weighted by Gasteiger charge is -2.30. The fraction of sp³-hybridized carbons (Fsp3) is 0.579. The van der Waals surface area contributed by atoms with Gasteiger partial charge < -0.3 is 24.8 Å². The molecule has 0 aliphatic carbocycles. The molecule has 7 nitrogen and oxygen atoms in total. The molecule has 26 heavy (non-hydrogen) atoms. The number of rotatable bonds is 6. The third-order valence-corrected chi connectivity index (χ3v) is 4.76. The molecule has 1 atom stereocenters. The van der Waals surface area contributed by atoms with E-state index in [0.717, 1.165) is 63.1 Å². The Bertz CT molecular complexity index is 741. The summed E-state index contributed by atoms with van der Waals surface area (Å²) in [6.07, 6.45) is 1.22. The van der Waals surface area contributed by atoms with Crippen molar-refractivity contribution in [3.8, 4) is 0 Å². The molecule has 0 radical (unpaired) electrons. The number of nitrogens with one attached hydrogen (secondary N) is 2. The normalized spacial score (nSPS) is 19.0. The second-order valence-corrected chi connectivity index (χ2v) is 6.79. The van der Waals surface area contributed by atoms with Gasteiger partial charge in [-0.1, -0.05) is 12.1 Å². The number of hydrogen-bond donors (Lipinski definition) is 2. The average molecular weight is 358 g/mol. The first-order valence-corrected chi connectivity index (χ1v) is 9.34. The topological polar surface area (TPSA) is 66.7 Å². The number of aliphatic imine (C=N–C) groups is 1. The number of guanidine groups is 1. The van der Waals surface area contributed by atoms with Gasteiger partial charge in [0.1, 0.15) is 5.82 Å². The predicted molar refractivity (Wildman–Crippen MR) is 106 cm³/mol. The van der Waals surface area contributed by atoms with Gasteiger partial charge in [-0.3, -0.25) is 4.99 Å². The highest BCUT2D eigenvalue weighted by atomic mass is 16.5. The molecular formula is C19H30N6O. The minimum absolute atomic E-state index is 0.215. The molecule has 0 saturated carbocycles. The lowest BCUT2D eigenvalue weighted by atomic mass is 10.3. The highest BCUT2D eigenvalue weighted by Gasteiger charge is 2.17. The quantitative estimate of drug-likeness (QED) is 0.462. The van der Waals surface area contributed by atoms with Crippen LogP contribution in [-0.4, -0.2) is 73.4 Å². The molecule has 1 aliphatic heterocycles. The monoisotopic (exact) mass is 358 g/mol. The molecule has 2 heterocycles. The van der Waals surface area contributed by atoms with Crippen LogP contribution in [0.5, 0.6) is 0 Å². The van der Waals surface area contributed by atoms with Crippen molar-refractivity contribution in [3.63, 3.8) is 0 Å². The van der Waals surface area contributed by atoms with Crippen molar-refractivity contribution < 1.29 is 4.74 Å². The fourth-order valence-corrected chi connectivity index (χ4v) is 3.34. The Labute approximate surface area is 155 Å². The van der Waals surface area contributed by atoms with E-state index in [1.165, 1.54) is 5.52 Å². The maximum Gasteiger partial charge on any atom is 0.191 e. The summed E-state index contributed by atoms with van der Waals surface area (Å²) in [5.74, 6) is 1.89. The van der Waals surface area contributed by atoms with Crippen molar-refractivity contribution in [2.75, 3.05) is 46.9 Å². The van der Waals surface area contributed by atoms with E-state index >= 15 is 0 Å². The van der Waals surface area contributed by atoms with E-state index in [9.17, 15) is 0 Å². The van der Waals surface area contributed by atoms with E-state index in [-0.39, 0.29) is 6.10 Å². The summed E-state index contributed by atoms with van der Waals surface area (Å²) in [5.41, 5.74) is 2.26. The van der Waals surface area contributed by atoms with E-state index < -0.39 is 0 Å².